The molecule has 1 N–H and O–H groups in total. The van der Waals surface area contributed by atoms with E-state index in [4.69, 9.17) is 0 Å². The fraction of sp³-hybridized carbons (Fsp3) is 0. The molecule has 0 bridgehead atoms. The highest BCUT2D eigenvalue weighted by molar-refractivity contribution is 7.15. The van der Waals surface area contributed by atoms with Gasteiger partial charge in [0.2, 0.25) is 0 Å². The van der Waals surface area contributed by atoms with E-state index < -0.39 is 0 Å². The zero-order valence-electron chi connectivity index (χ0n) is 13.0. The number of phenols is 1. The van der Waals surface area contributed by atoms with Crippen LogP contribution in [0.3, 0.4) is 0 Å². The van der Waals surface area contributed by atoms with Crippen LogP contribution in [0.1, 0.15) is 5.56 Å². The van der Waals surface area contributed by atoms with Crippen molar-refractivity contribution in [3.8, 4) is 5.75 Å². The SMILES string of the molecule is O=c1c(=Cc2c(O)ccc3ccccc23)sc2nc3ccccc3n12. The average Bonchev–Trinajstić information content (AvgIpc) is 3.14. The normalized spacial score (nSPS) is 12.6. The van der Waals surface area contributed by atoms with Gasteiger partial charge < -0.3 is 5.11 Å². The molecule has 5 aromatic rings. The summed E-state index contributed by atoms with van der Waals surface area (Å²) in [7, 11) is 0. The smallest absolute Gasteiger partial charge is 0.274 e. The molecule has 0 spiro atoms. The molecule has 25 heavy (non-hydrogen) atoms. The van der Waals surface area contributed by atoms with Gasteiger partial charge in [-0.25, -0.2) is 9.38 Å². The van der Waals surface area contributed by atoms with E-state index in [-0.39, 0.29) is 11.3 Å². The molecule has 0 amide bonds. The molecule has 120 valence electrons. The molecular weight excluding hydrogens is 332 g/mol. The third-order valence-corrected chi connectivity index (χ3v) is 5.34. The largest absolute Gasteiger partial charge is 0.507 e. The number of phenolic OH excluding ortho intramolecular Hbond substituents is 1. The molecule has 2 heterocycles. The van der Waals surface area contributed by atoms with Crippen molar-refractivity contribution in [2.24, 2.45) is 0 Å². The van der Waals surface area contributed by atoms with E-state index in [1.807, 2.05) is 54.6 Å². The number of nitrogens with zero attached hydrogens (tertiary/aromatic N) is 2. The lowest BCUT2D eigenvalue weighted by Crippen LogP contribution is -2.22. The summed E-state index contributed by atoms with van der Waals surface area (Å²) in [5.41, 5.74) is 2.16. The molecule has 0 atom stereocenters. The summed E-state index contributed by atoms with van der Waals surface area (Å²) in [6, 6.07) is 18.9. The fourth-order valence-electron chi connectivity index (χ4n) is 3.18. The Kier molecular flexibility index (Phi) is 2.93. The van der Waals surface area contributed by atoms with Crippen molar-refractivity contribution in [2.75, 3.05) is 0 Å². The fourth-order valence-corrected chi connectivity index (χ4v) is 4.15. The van der Waals surface area contributed by atoms with E-state index in [0.29, 0.717) is 15.1 Å². The Bertz CT molecular complexity index is 1380. The summed E-state index contributed by atoms with van der Waals surface area (Å²) in [5.74, 6) is 0.161. The van der Waals surface area contributed by atoms with E-state index in [2.05, 4.69) is 4.98 Å². The highest BCUT2D eigenvalue weighted by Gasteiger charge is 2.11. The zero-order chi connectivity index (χ0) is 17.0. The number of hydrogen-bond donors (Lipinski definition) is 1. The molecule has 0 unspecified atom stereocenters. The van der Waals surface area contributed by atoms with Gasteiger partial charge in [-0.15, -0.1) is 0 Å². The van der Waals surface area contributed by atoms with Crippen LogP contribution in [-0.4, -0.2) is 14.5 Å². The van der Waals surface area contributed by atoms with E-state index in [0.717, 1.165) is 21.8 Å². The summed E-state index contributed by atoms with van der Waals surface area (Å²) in [6.07, 6.45) is 1.76. The Morgan fingerprint density at radius 3 is 2.72 bits per heavy atom. The van der Waals surface area contributed by atoms with Crippen molar-refractivity contribution >= 4 is 44.2 Å². The number of hydrogen-bond acceptors (Lipinski definition) is 4. The van der Waals surface area contributed by atoms with Crippen molar-refractivity contribution in [3.63, 3.8) is 0 Å². The topological polar surface area (TPSA) is 54.6 Å². The summed E-state index contributed by atoms with van der Waals surface area (Å²) < 4.78 is 2.19. The van der Waals surface area contributed by atoms with Gasteiger partial charge >= 0.3 is 0 Å². The Morgan fingerprint density at radius 1 is 1.00 bits per heavy atom. The number of aromatic hydroxyl groups is 1. The first-order valence-corrected chi connectivity index (χ1v) is 8.66. The van der Waals surface area contributed by atoms with Crippen LogP contribution in [0.5, 0.6) is 5.75 Å². The Labute approximate surface area is 145 Å². The average molecular weight is 344 g/mol. The molecule has 0 fully saturated rings. The van der Waals surface area contributed by atoms with Gasteiger partial charge in [0, 0.05) is 5.56 Å². The Hall–Kier alpha value is -3.18. The van der Waals surface area contributed by atoms with Gasteiger partial charge in [0.15, 0.2) is 4.96 Å². The molecule has 3 aromatic carbocycles. The number of thiazole rings is 1. The summed E-state index contributed by atoms with van der Waals surface area (Å²) in [6.45, 7) is 0. The van der Waals surface area contributed by atoms with Crippen molar-refractivity contribution in [1.29, 1.82) is 0 Å². The summed E-state index contributed by atoms with van der Waals surface area (Å²) >= 11 is 1.33. The van der Waals surface area contributed by atoms with Crippen LogP contribution in [0.4, 0.5) is 0 Å². The molecule has 4 nitrogen and oxygen atoms in total. The van der Waals surface area contributed by atoms with Gasteiger partial charge in [0.25, 0.3) is 5.56 Å². The van der Waals surface area contributed by atoms with E-state index >= 15 is 0 Å². The van der Waals surface area contributed by atoms with Crippen molar-refractivity contribution in [1.82, 2.24) is 9.38 Å². The minimum Gasteiger partial charge on any atom is -0.507 e. The number of aromatic nitrogens is 2. The van der Waals surface area contributed by atoms with Crippen LogP contribution in [0.25, 0.3) is 32.8 Å². The predicted molar refractivity (Wildman–Crippen MR) is 101 cm³/mol. The molecule has 0 aliphatic rings. The molecule has 5 heteroatoms. The summed E-state index contributed by atoms with van der Waals surface area (Å²) in [5, 5.41) is 12.2. The lowest BCUT2D eigenvalue weighted by Gasteiger charge is -2.04. The second-order valence-corrected chi connectivity index (χ2v) is 6.86. The minimum absolute atomic E-state index is 0.110. The van der Waals surface area contributed by atoms with Gasteiger partial charge in [0.1, 0.15) is 5.75 Å². The van der Waals surface area contributed by atoms with Gasteiger partial charge in [0.05, 0.1) is 15.6 Å². The lowest BCUT2D eigenvalue weighted by atomic mass is 10.0. The van der Waals surface area contributed by atoms with Crippen LogP contribution >= 0.6 is 11.3 Å². The maximum absolute atomic E-state index is 12.9. The molecule has 0 saturated carbocycles. The maximum Gasteiger partial charge on any atom is 0.274 e. The standard InChI is InChI=1S/C20H12N2O2S/c23-17-10-9-12-5-1-2-6-13(12)14(17)11-18-19(24)22-16-8-4-3-7-15(16)21-20(22)25-18/h1-11,23H. The van der Waals surface area contributed by atoms with E-state index in [1.165, 1.54) is 11.3 Å². The van der Waals surface area contributed by atoms with Gasteiger partial charge in [-0.1, -0.05) is 53.8 Å². The van der Waals surface area contributed by atoms with Crippen molar-refractivity contribution < 1.29 is 5.11 Å². The monoisotopic (exact) mass is 344 g/mol. The lowest BCUT2D eigenvalue weighted by molar-refractivity contribution is 0.475. The first-order valence-electron chi connectivity index (χ1n) is 7.85. The quantitative estimate of drug-likeness (QED) is 0.507. The second-order valence-electron chi connectivity index (χ2n) is 5.85. The second kappa shape index (κ2) is 5.16. The highest BCUT2D eigenvalue weighted by Crippen LogP contribution is 2.27. The first kappa shape index (κ1) is 14.2. The number of imidazole rings is 1. The molecule has 5 rings (SSSR count). The molecule has 0 radical (unpaired) electrons. The molecule has 2 aromatic heterocycles. The van der Waals surface area contributed by atoms with Crippen molar-refractivity contribution in [2.45, 2.75) is 0 Å². The van der Waals surface area contributed by atoms with E-state index in [9.17, 15) is 9.90 Å². The Balaban J connectivity index is 1.86. The van der Waals surface area contributed by atoms with Crippen LogP contribution < -0.4 is 10.1 Å². The zero-order valence-corrected chi connectivity index (χ0v) is 13.8. The third-order valence-electron chi connectivity index (χ3n) is 4.37. The highest BCUT2D eigenvalue weighted by atomic mass is 32.1. The van der Waals surface area contributed by atoms with Gasteiger partial charge in [-0.05, 0) is 35.0 Å². The summed E-state index contributed by atoms with van der Waals surface area (Å²) in [4.78, 5) is 18.1. The number of para-hydroxylation sites is 2. The van der Waals surface area contributed by atoms with Crippen LogP contribution in [-0.2, 0) is 0 Å². The van der Waals surface area contributed by atoms with Crippen molar-refractivity contribution in [3.05, 3.63) is 81.1 Å². The molecule has 0 saturated heterocycles. The maximum atomic E-state index is 12.9. The van der Waals surface area contributed by atoms with Gasteiger partial charge in [-0.3, -0.25) is 4.79 Å². The first-order chi connectivity index (χ1) is 12.2. The van der Waals surface area contributed by atoms with Crippen LogP contribution in [0, 0.1) is 0 Å². The molecule has 0 aliphatic carbocycles. The van der Waals surface area contributed by atoms with Crippen LogP contribution in [0.15, 0.2) is 65.5 Å². The van der Waals surface area contributed by atoms with Gasteiger partial charge in [-0.2, -0.15) is 0 Å². The van der Waals surface area contributed by atoms with Crippen LogP contribution in [0.2, 0.25) is 0 Å². The number of rotatable bonds is 1. The third kappa shape index (κ3) is 2.06. The predicted octanol–water partition coefficient (Wildman–Crippen LogP) is 3.32. The molecule has 0 aliphatic heterocycles. The minimum atomic E-state index is -0.110. The Morgan fingerprint density at radius 2 is 1.80 bits per heavy atom. The number of fused-ring (bicyclic) bond motifs is 4. The van der Waals surface area contributed by atoms with E-state index in [1.54, 1.807) is 16.5 Å². The number of benzene rings is 3. The molecular formula is C20H12N2O2S.